The fourth-order valence-electron chi connectivity index (χ4n) is 5.97. The van der Waals surface area contributed by atoms with Gasteiger partial charge in [-0.1, -0.05) is 36.4 Å². The van der Waals surface area contributed by atoms with E-state index in [0.29, 0.717) is 11.5 Å². The molecule has 2 aromatic carbocycles. The Labute approximate surface area is 321 Å². The summed E-state index contributed by atoms with van der Waals surface area (Å²) in [4.78, 5) is 65.7. The van der Waals surface area contributed by atoms with Crippen LogP contribution >= 0.6 is 23.5 Å². The number of aliphatic imine (C=N–C) groups is 1. The number of amides is 3. The summed E-state index contributed by atoms with van der Waals surface area (Å²) < 4.78 is 9.36. The maximum Gasteiger partial charge on any atom is 2.00 e. The van der Waals surface area contributed by atoms with Crippen LogP contribution in [-0.4, -0.2) is 146 Å². The Morgan fingerprint density at radius 1 is 0.816 bits per heavy atom. The summed E-state index contributed by atoms with van der Waals surface area (Å²) in [6.45, 7) is 6.59. The van der Waals surface area contributed by atoms with Crippen molar-refractivity contribution in [2.45, 2.75) is 72.1 Å². The van der Waals surface area contributed by atoms with E-state index >= 15 is 0 Å². The molecular formula is C32H34CaN4O10S2. The Bertz CT molecular complexity index is 1610. The normalized spacial score (nSPS) is 27.1. The fraction of sp³-hybridized carbons (Fsp3) is 0.438. The van der Waals surface area contributed by atoms with Crippen molar-refractivity contribution in [3.63, 3.8) is 0 Å². The monoisotopic (exact) mass is 738 g/mol. The third kappa shape index (κ3) is 8.08. The summed E-state index contributed by atoms with van der Waals surface area (Å²) in [5, 5.41) is 34.4. The molecule has 0 aliphatic carbocycles. The van der Waals surface area contributed by atoms with E-state index < -0.39 is 68.7 Å². The SMILES string of the molecule is CC1(C)SC2C(N=C([O-])COc3ccccc3)C(=O)N2C1C(=O)[O-].CC1(C)SC2C(NC(=O)COc3ccccc3)C(=O)N2C1C(=O)O.[Ca+2]. The van der Waals surface area contributed by atoms with Gasteiger partial charge in [0.15, 0.2) is 12.6 Å². The topological polar surface area (TPSA) is 201 Å². The number of rotatable bonds is 10. The molecule has 49 heavy (non-hydrogen) atoms. The van der Waals surface area contributed by atoms with Gasteiger partial charge in [-0.15, -0.1) is 23.5 Å². The zero-order valence-corrected chi connectivity index (χ0v) is 31.0. The summed E-state index contributed by atoms with van der Waals surface area (Å²) in [6, 6.07) is 14.3. The quantitative estimate of drug-likeness (QED) is 0.135. The second-order valence-electron chi connectivity index (χ2n) is 12.4. The van der Waals surface area contributed by atoms with Gasteiger partial charge in [-0.2, -0.15) is 0 Å². The van der Waals surface area contributed by atoms with Crippen molar-refractivity contribution >= 4 is 96.8 Å². The van der Waals surface area contributed by atoms with E-state index in [9.17, 15) is 39.3 Å². The molecule has 2 N–H and O–H groups in total. The molecule has 4 aliphatic heterocycles. The molecule has 0 radical (unpaired) electrons. The first-order chi connectivity index (χ1) is 22.6. The van der Waals surface area contributed by atoms with Crippen molar-refractivity contribution in [3.8, 4) is 11.5 Å². The van der Waals surface area contributed by atoms with Gasteiger partial charge in [0, 0.05) is 9.49 Å². The van der Waals surface area contributed by atoms with Crippen LogP contribution in [0.4, 0.5) is 0 Å². The number of fused-ring (bicyclic) bond motifs is 2. The number of para-hydroxylation sites is 2. The van der Waals surface area contributed by atoms with E-state index in [1.54, 1.807) is 76.2 Å². The van der Waals surface area contributed by atoms with Gasteiger partial charge in [0.2, 0.25) is 5.91 Å². The molecule has 0 aromatic heterocycles. The average molecular weight is 739 g/mol. The zero-order chi connectivity index (χ0) is 35.0. The molecule has 4 fully saturated rings. The van der Waals surface area contributed by atoms with Crippen LogP contribution in [0.5, 0.6) is 11.5 Å². The summed E-state index contributed by atoms with van der Waals surface area (Å²) in [5.41, 5.74) is 0. The van der Waals surface area contributed by atoms with Crippen LogP contribution in [-0.2, 0) is 24.0 Å². The maximum absolute atomic E-state index is 12.2. The minimum absolute atomic E-state index is 0. The number of aliphatic carboxylic acids is 2. The van der Waals surface area contributed by atoms with Gasteiger partial charge in [0.25, 0.3) is 11.8 Å². The third-order valence-corrected chi connectivity index (χ3v) is 11.3. The molecule has 0 saturated carbocycles. The summed E-state index contributed by atoms with van der Waals surface area (Å²) >= 11 is 2.71. The first kappa shape index (κ1) is 38.6. The standard InChI is InChI=1S/2C16H18N2O5S.Ca/c2*1-16(2)12(15(21)22)18-13(20)11(14(18)24-16)17-10(19)8-23-9-6-4-3-5-7-9;/h2*3-7,11-12,14H,8H2,1-2H3,(H,17,19)(H,21,22);/q;;+2/p-2. The molecule has 6 rings (SSSR count). The number of hydrogen-bond donors (Lipinski definition) is 2. The predicted molar refractivity (Wildman–Crippen MR) is 178 cm³/mol. The van der Waals surface area contributed by atoms with Crippen LogP contribution in [0.15, 0.2) is 65.7 Å². The van der Waals surface area contributed by atoms with Gasteiger partial charge in [0.05, 0.1) is 12.0 Å². The molecule has 0 bridgehead atoms. The molecule has 4 saturated heterocycles. The van der Waals surface area contributed by atoms with E-state index in [0.717, 1.165) is 0 Å². The van der Waals surface area contributed by atoms with Crippen molar-refractivity contribution in [2.75, 3.05) is 13.2 Å². The van der Waals surface area contributed by atoms with E-state index in [2.05, 4.69) is 10.3 Å². The molecule has 2 aromatic rings. The van der Waals surface area contributed by atoms with Crippen LogP contribution in [0.3, 0.4) is 0 Å². The number of carboxylic acids is 2. The van der Waals surface area contributed by atoms with E-state index in [4.69, 9.17) is 9.47 Å². The molecule has 6 unspecified atom stereocenters. The van der Waals surface area contributed by atoms with E-state index in [1.165, 1.54) is 33.3 Å². The van der Waals surface area contributed by atoms with Crippen molar-refractivity contribution in [3.05, 3.63) is 60.7 Å². The first-order valence-electron chi connectivity index (χ1n) is 14.9. The maximum atomic E-state index is 12.2. The number of hydrogen-bond acceptors (Lipinski definition) is 12. The molecule has 14 nitrogen and oxygen atoms in total. The fourth-order valence-corrected chi connectivity index (χ4v) is 9.20. The van der Waals surface area contributed by atoms with Crippen LogP contribution in [0.1, 0.15) is 27.7 Å². The predicted octanol–water partition coefficient (Wildman–Crippen LogP) is -0.679. The third-order valence-electron chi connectivity index (χ3n) is 8.13. The van der Waals surface area contributed by atoms with Crippen LogP contribution in [0.2, 0.25) is 0 Å². The molecule has 256 valence electrons. The van der Waals surface area contributed by atoms with Gasteiger partial charge >= 0.3 is 43.7 Å². The number of nitrogens with zero attached hydrogens (tertiary/aromatic N) is 3. The van der Waals surface area contributed by atoms with Crippen molar-refractivity contribution in [2.24, 2.45) is 4.99 Å². The van der Waals surface area contributed by atoms with Gasteiger partial charge in [-0.25, -0.2) is 4.79 Å². The second-order valence-corrected chi connectivity index (χ2v) is 15.9. The molecule has 4 aliphatic rings. The number of β-lactam (4-membered cyclic amide) rings is 2. The minimum Gasteiger partial charge on any atom is -0.860 e. The molecule has 6 atom stereocenters. The summed E-state index contributed by atoms with van der Waals surface area (Å²) in [5.74, 6) is -2.99. The minimum atomic E-state index is -1.29. The molecule has 17 heteroatoms. The Hall–Kier alpha value is -3.18. The van der Waals surface area contributed by atoms with E-state index in [-0.39, 0.29) is 62.2 Å². The van der Waals surface area contributed by atoms with Gasteiger partial charge < -0.3 is 44.7 Å². The van der Waals surface area contributed by atoms with Crippen molar-refractivity contribution < 1.29 is 48.8 Å². The van der Waals surface area contributed by atoms with Crippen LogP contribution in [0, 0.1) is 0 Å². The number of benzene rings is 2. The molecular weight excluding hydrogens is 705 g/mol. The largest absolute Gasteiger partial charge is 2.00 e. The number of thioether (sulfide) groups is 2. The summed E-state index contributed by atoms with van der Waals surface area (Å²) in [6.07, 6.45) is 0. The number of nitrogens with one attached hydrogen (secondary N) is 1. The first-order valence-corrected chi connectivity index (χ1v) is 16.7. The van der Waals surface area contributed by atoms with Crippen molar-refractivity contribution in [1.29, 1.82) is 0 Å². The Morgan fingerprint density at radius 2 is 1.31 bits per heavy atom. The van der Waals surface area contributed by atoms with Crippen LogP contribution < -0.4 is 25.0 Å². The number of carbonyl (C=O) groups excluding carboxylic acids is 4. The number of ether oxygens (including phenoxy) is 2. The molecule has 3 amide bonds. The second kappa shape index (κ2) is 15.4. The molecule has 4 heterocycles. The molecule has 0 spiro atoms. The van der Waals surface area contributed by atoms with E-state index in [1.807, 2.05) is 12.1 Å². The van der Waals surface area contributed by atoms with Gasteiger partial charge in [0.1, 0.15) is 40.9 Å². The number of carboxylic acid groups (broad SMARTS) is 2. The van der Waals surface area contributed by atoms with Crippen molar-refractivity contribution in [1.82, 2.24) is 15.1 Å². The average Bonchev–Trinajstić information content (AvgIpc) is 3.46. The van der Waals surface area contributed by atoms with Gasteiger partial charge in [-0.05, 0) is 57.9 Å². The Kier molecular flexibility index (Phi) is 12.1. The Morgan fingerprint density at radius 3 is 1.84 bits per heavy atom. The van der Waals surface area contributed by atoms with Crippen LogP contribution in [0.25, 0.3) is 0 Å². The Balaban J connectivity index is 0.000000216. The summed E-state index contributed by atoms with van der Waals surface area (Å²) in [7, 11) is 0. The number of carbonyl (C=O) groups is 5. The zero-order valence-electron chi connectivity index (χ0n) is 27.1. The van der Waals surface area contributed by atoms with Gasteiger partial charge in [-0.3, -0.25) is 19.4 Å². The smallest absolute Gasteiger partial charge is 0.860 e.